The Hall–Kier alpha value is -1.48. The highest BCUT2D eigenvalue weighted by Gasteiger charge is 2.62. The molecule has 2 fully saturated rings. The minimum Gasteiger partial charge on any atom is -0.394 e. The smallest absolute Gasteiger partial charge is 0.330 e. The molecular formula is C13H18N2O6. The highest BCUT2D eigenvalue weighted by atomic mass is 16.6. The zero-order valence-corrected chi connectivity index (χ0v) is 11.5. The summed E-state index contributed by atoms with van der Waals surface area (Å²) in [5, 5.41) is 20.3. The van der Waals surface area contributed by atoms with Gasteiger partial charge >= 0.3 is 5.69 Å². The van der Waals surface area contributed by atoms with E-state index in [2.05, 4.69) is 4.98 Å². The quantitative estimate of drug-likeness (QED) is 0.617. The Balaban J connectivity index is 2.27. The summed E-state index contributed by atoms with van der Waals surface area (Å²) >= 11 is 0. The Kier molecular flexibility index (Phi) is 2.34. The summed E-state index contributed by atoms with van der Waals surface area (Å²) < 4.78 is 42.6. The van der Waals surface area contributed by atoms with Crippen molar-refractivity contribution in [2.45, 2.75) is 44.3 Å². The van der Waals surface area contributed by atoms with Crippen molar-refractivity contribution in [2.24, 2.45) is 0 Å². The van der Waals surface area contributed by atoms with E-state index in [0.29, 0.717) is 0 Å². The summed E-state index contributed by atoms with van der Waals surface area (Å²) in [5.74, 6) is 0. The average Bonchev–Trinajstić information content (AvgIpc) is 2.60. The molecule has 0 saturated carbocycles. The summed E-state index contributed by atoms with van der Waals surface area (Å²) in [6, 6.07) is 0. The van der Waals surface area contributed by atoms with E-state index in [1.807, 2.05) is 0 Å². The number of aliphatic hydroxyl groups is 2. The zero-order valence-electron chi connectivity index (χ0n) is 15.5. The van der Waals surface area contributed by atoms with Gasteiger partial charge in [-0.15, -0.1) is 0 Å². The molecular weight excluding hydrogens is 280 g/mol. The average molecular weight is 302 g/mol. The van der Waals surface area contributed by atoms with Crippen molar-refractivity contribution in [2.75, 3.05) is 13.2 Å². The van der Waals surface area contributed by atoms with Gasteiger partial charge in [-0.25, -0.2) is 4.79 Å². The lowest BCUT2D eigenvalue weighted by Gasteiger charge is -2.44. The van der Waals surface area contributed by atoms with Crippen molar-refractivity contribution in [1.82, 2.24) is 9.55 Å². The zero-order chi connectivity index (χ0) is 19.0. The van der Waals surface area contributed by atoms with Crippen LogP contribution in [-0.2, 0) is 9.47 Å². The molecule has 8 nitrogen and oxygen atoms in total. The Morgan fingerprint density at radius 1 is 1.57 bits per heavy atom. The summed E-state index contributed by atoms with van der Waals surface area (Å²) in [6.45, 7) is -0.470. The van der Waals surface area contributed by atoms with Crippen molar-refractivity contribution >= 4 is 0 Å². The number of rotatable bonds is 2. The maximum atomic E-state index is 12.3. The molecule has 21 heavy (non-hydrogen) atoms. The Morgan fingerprint density at radius 2 is 2.24 bits per heavy atom. The highest BCUT2D eigenvalue weighted by molar-refractivity contribution is 5.17. The third-order valence-electron chi connectivity index (χ3n) is 4.10. The van der Waals surface area contributed by atoms with E-state index < -0.39 is 41.8 Å². The van der Waals surface area contributed by atoms with Crippen LogP contribution in [0.15, 0.2) is 9.59 Å². The number of ether oxygens (including phenoxy) is 2. The molecule has 0 radical (unpaired) electrons. The molecule has 1 aromatic heterocycles. The lowest BCUT2D eigenvalue weighted by molar-refractivity contribution is -0.227. The second-order valence-corrected chi connectivity index (χ2v) is 5.09. The summed E-state index contributed by atoms with van der Waals surface area (Å²) in [5.41, 5.74) is -3.19. The van der Waals surface area contributed by atoms with Gasteiger partial charge in [-0.05, 0) is 13.8 Å². The number of hydrogen-bond donors (Lipinski definition) is 3. The third kappa shape index (κ3) is 1.83. The van der Waals surface area contributed by atoms with Crippen molar-refractivity contribution < 1.29 is 25.2 Å². The minimum absolute atomic E-state index is 0.0154. The summed E-state index contributed by atoms with van der Waals surface area (Å²) in [6.07, 6.45) is -7.79. The fourth-order valence-corrected chi connectivity index (χ4v) is 2.65. The molecule has 4 atom stereocenters. The van der Waals surface area contributed by atoms with E-state index in [-0.39, 0.29) is 24.3 Å². The Morgan fingerprint density at radius 3 is 2.76 bits per heavy atom. The van der Waals surface area contributed by atoms with Crippen molar-refractivity contribution in [1.29, 1.82) is 0 Å². The molecule has 0 amide bonds. The number of aromatic nitrogens is 2. The van der Waals surface area contributed by atoms with Gasteiger partial charge in [0.25, 0.3) is 5.56 Å². The van der Waals surface area contributed by atoms with Gasteiger partial charge in [-0.3, -0.25) is 14.3 Å². The molecule has 1 spiro atoms. The Bertz CT molecular complexity index is 840. The van der Waals surface area contributed by atoms with Gasteiger partial charge in [-0.2, -0.15) is 0 Å². The predicted molar refractivity (Wildman–Crippen MR) is 71.1 cm³/mol. The first-order valence-electron chi connectivity index (χ1n) is 8.39. The van der Waals surface area contributed by atoms with E-state index in [1.165, 1.54) is 13.8 Å². The molecule has 2 saturated heterocycles. The second-order valence-electron chi connectivity index (χ2n) is 5.09. The molecule has 116 valence electrons. The highest BCUT2D eigenvalue weighted by Crippen LogP contribution is 2.48. The van der Waals surface area contributed by atoms with Crippen LogP contribution in [0.4, 0.5) is 0 Å². The molecule has 3 rings (SSSR count). The maximum absolute atomic E-state index is 12.3. The predicted octanol–water partition coefficient (Wildman–Crippen LogP) is -1.44. The molecule has 0 aromatic carbocycles. The fraction of sp³-hybridized carbons (Fsp3) is 0.692. The van der Waals surface area contributed by atoms with Crippen LogP contribution in [0.5, 0.6) is 0 Å². The number of hydrogen-bond acceptors (Lipinski definition) is 6. The molecule has 0 bridgehead atoms. The molecule has 2 aliphatic heterocycles. The summed E-state index contributed by atoms with van der Waals surface area (Å²) in [4.78, 5) is 26.1. The van der Waals surface area contributed by atoms with Crippen LogP contribution in [0, 0.1) is 13.8 Å². The topological polar surface area (TPSA) is 114 Å². The van der Waals surface area contributed by atoms with Gasteiger partial charge in [-0.1, -0.05) is 0 Å². The van der Waals surface area contributed by atoms with Gasteiger partial charge in [0, 0.05) is 17.7 Å². The molecule has 2 aliphatic rings. The second kappa shape index (κ2) is 4.77. The summed E-state index contributed by atoms with van der Waals surface area (Å²) in [7, 11) is 0. The van der Waals surface area contributed by atoms with Crippen LogP contribution in [0.2, 0.25) is 0 Å². The van der Waals surface area contributed by atoms with Crippen LogP contribution in [-0.4, -0.2) is 50.7 Å². The normalized spacial score (nSPS) is 45.6. The van der Waals surface area contributed by atoms with Gasteiger partial charge in [0.05, 0.1) is 18.6 Å². The van der Waals surface area contributed by atoms with E-state index in [1.54, 1.807) is 0 Å². The number of H-pyrrole nitrogens is 1. The van der Waals surface area contributed by atoms with Crippen LogP contribution in [0.1, 0.15) is 29.4 Å². The van der Waals surface area contributed by atoms with Crippen LogP contribution < -0.4 is 11.2 Å². The largest absolute Gasteiger partial charge is 0.394 e. The van der Waals surface area contributed by atoms with Crippen LogP contribution >= 0.6 is 0 Å². The molecule has 0 aliphatic carbocycles. The molecule has 0 unspecified atom stereocenters. The lowest BCUT2D eigenvalue weighted by Crippen LogP contribution is -2.58. The van der Waals surface area contributed by atoms with Gasteiger partial charge in [0.15, 0.2) is 6.23 Å². The number of nitrogens with one attached hydrogen (secondary N) is 1. The van der Waals surface area contributed by atoms with Crippen molar-refractivity contribution in [3.05, 3.63) is 32.1 Å². The fourth-order valence-electron chi connectivity index (χ4n) is 2.65. The standard InChI is InChI=1S/C13H18N2O6/c1-6-7(2)15(12(19)14-10(6)18)11-13(3-4-20-13)9(17)8(5-16)21-11/h8-9,11,16-17H,3-5H2,1-2H3,(H,14,18,19)/t8-,9-,11-,13-/m1/s1/i5D2,8D,9D. The number of nitrogens with zero attached hydrogens (tertiary/aromatic N) is 1. The first-order chi connectivity index (χ1) is 11.3. The molecule has 1 aromatic rings. The van der Waals surface area contributed by atoms with Gasteiger partial charge in [0.1, 0.15) is 17.8 Å². The lowest BCUT2D eigenvalue weighted by atomic mass is 9.86. The van der Waals surface area contributed by atoms with Gasteiger partial charge < -0.3 is 19.7 Å². The monoisotopic (exact) mass is 302 g/mol. The SMILES string of the molecule is [2H]C([2H])(O)[C@@]1([2H])O[C@@H](n2c(C)c(C)c(=O)[nH]c2=O)[C@@]2(CCO2)[C@]1([2H])O. The van der Waals surface area contributed by atoms with E-state index >= 15 is 0 Å². The van der Waals surface area contributed by atoms with Crippen LogP contribution in [0.3, 0.4) is 0 Å². The number of aromatic amines is 1. The van der Waals surface area contributed by atoms with Crippen molar-refractivity contribution in [3.8, 4) is 0 Å². The molecule has 3 heterocycles. The van der Waals surface area contributed by atoms with Gasteiger partial charge in [0.2, 0.25) is 0 Å². The van der Waals surface area contributed by atoms with E-state index in [9.17, 15) is 19.8 Å². The minimum atomic E-state index is -3.43. The Labute approximate surface area is 125 Å². The molecule has 3 N–H and O–H groups in total. The molecule has 8 heteroatoms. The first-order valence-corrected chi connectivity index (χ1v) is 6.39. The first kappa shape index (κ1) is 10.3. The van der Waals surface area contributed by atoms with Crippen LogP contribution in [0.25, 0.3) is 0 Å². The maximum Gasteiger partial charge on any atom is 0.330 e. The van der Waals surface area contributed by atoms with Crippen molar-refractivity contribution in [3.63, 3.8) is 0 Å². The van der Waals surface area contributed by atoms with E-state index in [4.69, 9.17) is 15.0 Å². The van der Waals surface area contributed by atoms with E-state index in [0.717, 1.165) is 4.57 Å². The third-order valence-corrected chi connectivity index (χ3v) is 4.10.